The molecule has 1 unspecified atom stereocenters. The van der Waals surface area contributed by atoms with E-state index in [1.54, 1.807) is 0 Å². The van der Waals surface area contributed by atoms with Gasteiger partial charge in [0.2, 0.25) is 0 Å². The standard InChI is InChI=1S/C35H43N3O3/c1-8-37-27-17-12-10-15-25(27)34(3,4)29(37)21-23-32(36(7)20-14-19-31(39)40)24(33(23)41)22-30-35(5,6)26-16-11-13-18-28(26)38(30)9-2/h10-13,15-18,21-23H,8-9,14,19-20H2,1-7H3,(H,39,40). The highest BCUT2D eigenvalue weighted by Gasteiger charge is 2.46. The second kappa shape index (κ2) is 10.6. The molecule has 1 N–H and O–H groups in total. The third kappa shape index (κ3) is 4.58. The van der Waals surface area contributed by atoms with Crippen LogP contribution in [0.3, 0.4) is 0 Å². The molecule has 2 aromatic carbocycles. The molecule has 0 radical (unpaired) electrons. The molecule has 0 fully saturated rings. The van der Waals surface area contributed by atoms with Crippen molar-refractivity contribution in [2.75, 3.05) is 36.5 Å². The van der Waals surface area contributed by atoms with Crippen molar-refractivity contribution in [2.45, 2.75) is 65.2 Å². The summed E-state index contributed by atoms with van der Waals surface area (Å²) in [5.74, 6) is -1.06. The molecule has 2 heterocycles. The van der Waals surface area contributed by atoms with Gasteiger partial charge in [0.25, 0.3) is 0 Å². The van der Waals surface area contributed by atoms with Crippen LogP contribution in [0.4, 0.5) is 11.4 Å². The first kappa shape index (κ1) is 28.7. The Bertz CT molecular complexity index is 1480. The maximum Gasteiger partial charge on any atom is 0.303 e. The molecule has 0 spiro atoms. The summed E-state index contributed by atoms with van der Waals surface area (Å²) < 4.78 is 0. The number of allylic oxidation sites excluding steroid dienone is 5. The summed E-state index contributed by atoms with van der Waals surface area (Å²) in [5.41, 5.74) is 8.42. The van der Waals surface area contributed by atoms with Crippen LogP contribution >= 0.6 is 0 Å². The maximum absolute atomic E-state index is 14.1. The number of hydrogen-bond donors (Lipinski definition) is 1. The first-order valence-electron chi connectivity index (χ1n) is 14.8. The van der Waals surface area contributed by atoms with Crippen molar-refractivity contribution in [1.82, 2.24) is 4.90 Å². The first-order chi connectivity index (χ1) is 19.4. The number of carboxylic acid groups (broad SMARTS) is 1. The third-order valence-electron chi connectivity index (χ3n) is 9.25. The molecule has 2 aliphatic heterocycles. The third-order valence-corrected chi connectivity index (χ3v) is 9.25. The van der Waals surface area contributed by atoms with Crippen molar-refractivity contribution in [1.29, 1.82) is 0 Å². The molecule has 0 amide bonds. The number of para-hydroxylation sites is 2. The lowest BCUT2D eigenvalue weighted by Crippen LogP contribution is -2.41. The van der Waals surface area contributed by atoms with Gasteiger partial charge in [-0.05, 0) is 55.7 Å². The largest absolute Gasteiger partial charge is 0.481 e. The molecule has 1 atom stereocenters. The monoisotopic (exact) mass is 553 g/mol. The van der Waals surface area contributed by atoms with E-state index in [2.05, 4.69) is 117 Å². The lowest BCUT2D eigenvalue weighted by Gasteiger charge is -2.39. The van der Waals surface area contributed by atoms with Crippen LogP contribution in [0.25, 0.3) is 0 Å². The average molecular weight is 554 g/mol. The second-order valence-corrected chi connectivity index (χ2v) is 12.4. The Hall–Kier alpha value is -3.80. The molecule has 0 saturated carbocycles. The van der Waals surface area contributed by atoms with Gasteiger partial charge >= 0.3 is 5.97 Å². The number of hydrogen-bond acceptors (Lipinski definition) is 5. The fourth-order valence-corrected chi connectivity index (χ4v) is 7.06. The molecule has 3 aliphatic rings. The molecular weight excluding hydrogens is 510 g/mol. The van der Waals surface area contributed by atoms with Gasteiger partial charge in [-0.3, -0.25) is 9.59 Å². The van der Waals surface area contributed by atoms with Gasteiger partial charge in [-0.1, -0.05) is 64.1 Å². The Morgan fingerprint density at radius 3 is 1.95 bits per heavy atom. The van der Waals surface area contributed by atoms with Gasteiger partial charge in [-0.15, -0.1) is 0 Å². The molecule has 216 valence electrons. The minimum atomic E-state index is -0.800. The topological polar surface area (TPSA) is 64.1 Å². The zero-order valence-electron chi connectivity index (χ0n) is 25.5. The summed E-state index contributed by atoms with van der Waals surface area (Å²) in [6.07, 6.45) is 4.90. The number of anilines is 2. The van der Waals surface area contributed by atoms with Gasteiger partial charge in [0.15, 0.2) is 5.78 Å². The molecule has 2 aromatic rings. The van der Waals surface area contributed by atoms with Crippen LogP contribution in [-0.4, -0.2) is 48.4 Å². The number of fused-ring (bicyclic) bond motifs is 2. The summed E-state index contributed by atoms with van der Waals surface area (Å²) in [4.78, 5) is 32.1. The molecule has 0 aromatic heterocycles. The zero-order chi connectivity index (χ0) is 29.7. The van der Waals surface area contributed by atoms with Crippen LogP contribution in [-0.2, 0) is 20.4 Å². The number of rotatable bonds is 9. The maximum atomic E-state index is 14.1. The number of nitrogens with zero attached hydrogens (tertiary/aromatic N) is 3. The van der Waals surface area contributed by atoms with E-state index >= 15 is 0 Å². The Labute approximate surface area is 244 Å². The summed E-state index contributed by atoms with van der Waals surface area (Å²) >= 11 is 0. The van der Waals surface area contributed by atoms with Crippen LogP contribution in [0.1, 0.15) is 65.5 Å². The van der Waals surface area contributed by atoms with Crippen molar-refractivity contribution < 1.29 is 14.7 Å². The number of Topliss-reactive ketones (excluding diaryl/α,β-unsaturated/α-hetero) is 1. The fourth-order valence-electron chi connectivity index (χ4n) is 7.06. The molecule has 6 nitrogen and oxygen atoms in total. The van der Waals surface area contributed by atoms with E-state index in [1.807, 2.05) is 7.05 Å². The Kier molecular flexibility index (Phi) is 7.39. The molecule has 0 bridgehead atoms. The zero-order valence-corrected chi connectivity index (χ0v) is 25.5. The van der Waals surface area contributed by atoms with Gasteiger partial charge in [0.1, 0.15) is 0 Å². The predicted octanol–water partition coefficient (Wildman–Crippen LogP) is 6.64. The first-order valence-corrected chi connectivity index (χ1v) is 14.8. The van der Waals surface area contributed by atoms with Crippen LogP contribution in [0.5, 0.6) is 0 Å². The van der Waals surface area contributed by atoms with E-state index in [9.17, 15) is 14.7 Å². The number of ketones is 1. The Morgan fingerprint density at radius 1 is 0.902 bits per heavy atom. The SMILES string of the molecule is CCN1C(=CC2=C(N(C)CCCC(=O)O)C(C=C3N(CC)c4ccccc4C3(C)C)C2=O)C(C)(C)c2ccccc21. The van der Waals surface area contributed by atoms with Crippen molar-refractivity contribution in [3.05, 3.63) is 94.5 Å². The molecule has 41 heavy (non-hydrogen) atoms. The van der Waals surface area contributed by atoms with Gasteiger partial charge < -0.3 is 19.8 Å². The summed E-state index contributed by atoms with van der Waals surface area (Å²) in [6, 6.07) is 17.0. The van der Waals surface area contributed by atoms with E-state index in [4.69, 9.17) is 0 Å². The van der Waals surface area contributed by atoms with Gasteiger partial charge in [-0.25, -0.2) is 0 Å². The van der Waals surface area contributed by atoms with E-state index < -0.39 is 5.97 Å². The van der Waals surface area contributed by atoms with E-state index in [1.165, 1.54) is 22.5 Å². The molecule has 0 saturated heterocycles. The Morgan fingerprint density at radius 2 is 1.41 bits per heavy atom. The van der Waals surface area contributed by atoms with Crippen LogP contribution in [0.2, 0.25) is 0 Å². The minimum absolute atomic E-state index is 0.103. The van der Waals surface area contributed by atoms with Crippen molar-refractivity contribution in [2.24, 2.45) is 5.92 Å². The van der Waals surface area contributed by atoms with E-state index in [0.29, 0.717) is 13.0 Å². The number of likely N-dealkylation sites (N-methyl/N-ethyl adjacent to an activating group) is 2. The normalized spacial score (nSPS) is 22.3. The van der Waals surface area contributed by atoms with Gasteiger partial charge in [0, 0.05) is 78.0 Å². The molecule has 5 rings (SSSR count). The van der Waals surface area contributed by atoms with Crippen molar-refractivity contribution >= 4 is 23.1 Å². The van der Waals surface area contributed by atoms with Crippen molar-refractivity contribution in [3.63, 3.8) is 0 Å². The quantitative estimate of drug-likeness (QED) is 0.376. The smallest absolute Gasteiger partial charge is 0.303 e. The van der Waals surface area contributed by atoms with E-state index in [-0.39, 0.29) is 29.0 Å². The predicted molar refractivity (Wildman–Crippen MR) is 166 cm³/mol. The van der Waals surface area contributed by atoms with Crippen LogP contribution in [0.15, 0.2) is 83.3 Å². The number of aliphatic carboxylic acids is 1. The minimum Gasteiger partial charge on any atom is -0.481 e. The number of carboxylic acids is 1. The fraction of sp³-hybridized carbons (Fsp3) is 0.429. The Balaban J connectivity index is 1.60. The molecule has 6 heteroatoms. The van der Waals surface area contributed by atoms with Gasteiger partial charge in [-0.2, -0.15) is 0 Å². The highest BCUT2D eigenvalue weighted by molar-refractivity contribution is 6.10. The number of carbonyl (C=O) groups excluding carboxylic acids is 1. The van der Waals surface area contributed by atoms with Crippen molar-refractivity contribution in [3.8, 4) is 0 Å². The van der Waals surface area contributed by atoms with E-state index in [0.717, 1.165) is 35.8 Å². The number of carbonyl (C=O) groups is 2. The van der Waals surface area contributed by atoms with Crippen LogP contribution < -0.4 is 9.80 Å². The average Bonchev–Trinajstić information content (AvgIpc) is 3.29. The second-order valence-electron chi connectivity index (χ2n) is 12.4. The molecule has 1 aliphatic carbocycles. The van der Waals surface area contributed by atoms with Crippen LogP contribution in [0, 0.1) is 5.92 Å². The number of benzene rings is 2. The summed E-state index contributed by atoms with van der Waals surface area (Å²) in [5, 5.41) is 9.25. The lowest BCUT2D eigenvalue weighted by molar-refractivity contribution is -0.137. The summed E-state index contributed by atoms with van der Waals surface area (Å²) in [7, 11) is 1.99. The molecular formula is C35H43N3O3. The van der Waals surface area contributed by atoms with Gasteiger partial charge in [0.05, 0.1) is 5.92 Å². The highest BCUT2D eigenvalue weighted by Crippen LogP contribution is 2.51. The lowest BCUT2D eigenvalue weighted by atomic mass is 9.74. The highest BCUT2D eigenvalue weighted by atomic mass is 16.4. The summed E-state index contributed by atoms with van der Waals surface area (Å²) in [6.45, 7) is 15.4.